The van der Waals surface area contributed by atoms with Gasteiger partial charge in [0.05, 0.1) is 11.6 Å². The molecule has 0 saturated carbocycles. The van der Waals surface area contributed by atoms with Gasteiger partial charge in [0.2, 0.25) is 0 Å². The highest BCUT2D eigenvalue weighted by Crippen LogP contribution is 2.43. The molecule has 180 valence electrons. The molecule has 3 aromatic rings. The van der Waals surface area contributed by atoms with Crippen LogP contribution in [0.3, 0.4) is 0 Å². The molecular formula is C29H29BrN2O3. The van der Waals surface area contributed by atoms with Crippen molar-refractivity contribution in [3.8, 4) is 0 Å². The number of hydrogen-bond donors (Lipinski definition) is 1. The zero-order valence-corrected chi connectivity index (χ0v) is 22.0. The molecule has 3 aromatic carbocycles. The van der Waals surface area contributed by atoms with Gasteiger partial charge in [-0.1, -0.05) is 46.3 Å². The van der Waals surface area contributed by atoms with Gasteiger partial charge in [0.25, 0.3) is 11.7 Å². The summed E-state index contributed by atoms with van der Waals surface area (Å²) in [7, 11) is 0. The van der Waals surface area contributed by atoms with Crippen LogP contribution >= 0.6 is 15.9 Å². The molecule has 0 radical (unpaired) electrons. The van der Waals surface area contributed by atoms with Crippen molar-refractivity contribution in [1.29, 1.82) is 0 Å². The number of rotatable bonds is 6. The Morgan fingerprint density at radius 1 is 0.914 bits per heavy atom. The van der Waals surface area contributed by atoms with Gasteiger partial charge >= 0.3 is 0 Å². The van der Waals surface area contributed by atoms with E-state index in [-0.39, 0.29) is 11.3 Å². The smallest absolute Gasteiger partial charge is 0.300 e. The minimum atomic E-state index is -0.744. The maximum absolute atomic E-state index is 13.4. The highest BCUT2D eigenvalue weighted by molar-refractivity contribution is 9.10. The number of Topliss-reactive ketones (excluding diaryl/α,β-unsaturated/α-hetero) is 1. The number of hydrogen-bond acceptors (Lipinski definition) is 4. The fraction of sp³-hybridized carbons (Fsp3) is 0.241. The van der Waals surface area contributed by atoms with Crippen LogP contribution in [0.4, 0.5) is 11.4 Å². The minimum Gasteiger partial charge on any atom is -0.507 e. The van der Waals surface area contributed by atoms with Crippen molar-refractivity contribution >= 4 is 44.8 Å². The Bertz CT molecular complexity index is 1290. The van der Waals surface area contributed by atoms with E-state index in [9.17, 15) is 14.7 Å². The molecular weight excluding hydrogens is 504 g/mol. The lowest BCUT2D eigenvalue weighted by molar-refractivity contribution is -0.132. The first-order valence-corrected chi connectivity index (χ1v) is 12.5. The summed E-state index contributed by atoms with van der Waals surface area (Å²) in [5.41, 5.74) is 5.14. The standard InChI is InChI=1S/C29H29BrN2O3/c1-5-31(6-2)23-15-10-20(11-16-23)26-25(27(33)21-8-12-22(30)13-9-21)28(34)29(35)32(26)24-14-7-18(3)19(4)17-24/h7-17,26,33H,5-6H2,1-4H3/b27-25+. The van der Waals surface area contributed by atoms with E-state index in [0.29, 0.717) is 11.3 Å². The largest absolute Gasteiger partial charge is 0.507 e. The van der Waals surface area contributed by atoms with E-state index in [1.54, 1.807) is 24.3 Å². The van der Waals surface area contributed by atoms with Gasteiger partial charge in [0.1, 0.15) is 5.76 Å². The van der Waals surface area contributed by atoms with Crippen LogP contribution in [-0.4, -0.2) is 29.9 Å². The number of aryl methyl sites for hydroxylation is 2. The summed E-state index contributed by atoms with van der Waals surface area (Å²) < 4.78 is 0.855. The van der Waals surface area contributed by atoms with Crippen LogP contribution in [0.2, 0.25) is 0 Å². The van der Waals surface area contributed by atoms with E-state index in [2.05, 4.69) is 34.7 Å². The van der Waals surface area contributed by atoms with E-state index >= 15 is 0 Å². The third kappa shape index (κ3) is 4.63. The Balaban J connectivity index is 1.90. The molecule has 1 amide bonds. The topological polar surface area (TPSA) is 60.9 Å². The van der Waals surface area contributed by atoms with Crippen LogP contribution < -0.4 is 9.80 Å². The summed E-state index contributed by atoms with van der Waals surface area (Å²) in [5, 5.41) is 11.3. The number of ketones is 1. The number of carbonyl (C=O) groups is 2. The maximum atomic E-state index is 13.4. The van der Waals surface area contributed by atoms with E-state index in [0.717, 1.165) is 39.9 Å². The van der Waals surface area contributed by atoms with Gasteiger partial charge in [-0.05, 0) is 80.8 Å². The number of amides is 1. The Labute approximate surface area is 214 Å². The second-order valence-electron chi connectivity index (χ2n) is 8.71. The summed E-state index contributed by atoms with van der Waals surface area (Å²) in [5.74, 6) is -1.52. The average Bonchev–Trinajstić information content (AvgIpc) is 3.12. The molecule has 6 heteroatoms. The lowest BCUT2D eigenvalue weighted by Crippen LogP contribution is -2.29. The van der Waals surface area contributed by atoms with Crippen molar-refractivity contribution in [3.05, 3.63) is 99.0 Å². The van der Waals surface area contributed by atoms with Crippen molar-refractivity contribution < 1.29 is 14.7 Å². The molecule has 1 N–H and O–H groups in total. The van der Waals surface area contributed by atoms with E-state index < -0.39 is 17.7 Å². The summed E-state index contributed by atoms with van der Waals surface area (Å²) >= 11 is 3.40. The van der Waals surface area contributed by atoms with E-state index in [1.807, 2.05) is 56.3 Å². The van der Waals surface area contributed by atoms with Crippen LogP contribution in [0, 0.1) is 13.8 Å². The van der Waals surface area contributed by atoms with Crippen molar-refractivity contribution in [3.63, 3.8) is 0 Å². The lowest BCUT2D eigenvalue weighted by atomic mass is 9.94. The summed E-state index contributed by atoms with van der Waals surface area (Å²) in [6.45, 7) is 9.94. The van der Waals surface area contributed by atoms with Gasteiger partial charge in [0, 0.05) is 34.5 Å². The molecule has 1 aliphatic heterocycles. The molecule has 1 aliphatic rings. The number of carbonyl (C=O) groups excluding carboxylic acids is 2. The van der Waals surface area contributed by atoms with Crippen LogP contribution in [0.25, 0.3) is 5.76 Å². The molecule has 1 atom stereocenters. The molecule has 1 unspecified atom stereocenters. The van der Waals surface area contributed by atoms with Gasteiger partial charge in [-0.2, -0.15) is 0 Å². The van der Waals surface area contributed by atoms with E-state index in [1.165, 1.54) is 4.90 Å². The zero-order chi connectivity index (χ0) is 25.3. The van der Waals surface area contributed by atoms with Crippen LogP contribution in [0.15, 0.2) is 76.8 Å². The van der Waals surface area contributed by atoms with Gasteiger partial charge in [-0.25, -0.2) is 0 Å². The number of aliphatic hydroxyl groups is 1. The molecule has 1 fully saturated rings. The molecule has 5 nitrogen and oxygen atoms in total. The molecule has 1 saturated heterocycles. The Morgan fingerprint density at radius 2 is 1.54 bits per heavy atom. The maximum Gasteiger partial charge on any atom is 0.300 e. The summed E-state index contributed by atoms with van der Waals surface area (Å²) in [4.78, 5) is 30.5. The van der Waals surface area contributed by atoms with Crippen molar-refractivity contribution in [2.75, 3.05) is 22.9 Å². The second-order valence-corrected chi connectivity index (χ2v) is 9.62. The number of benzene rings is 3. The van der Waals surface area contributed by atoms with Gasteiger partial charge in [0.15, 0.2) is 0 Å². The first-order valence-electron chi connectivity index (χ1n) is 11.8. The molecule has 0 bridgehead atoms. The number of aliphatic hydroxyl groups excluding tert-OH is 1. The molecule has 35 heavy (non-hydrogen) atoms. The van der Waals surface area contributed by atoms with Gasteiger partial charge in [-0.3, -0.25) is 14.5 Å². The normalized spacial score (nSPS) is 17.2. The van der Waals surface area contributed by atoms with Crippen molar-refractivity contribution in [2.24, 2.45) is 0 Å². The van der Waals surface area contributed by atoms with Crippen molar-refractivity contribution in [1.82, 2.24) is 0 Å². The second kappa shape index (κ2) is 10.1. The van der Waals surface area contributed by atoms with Crippen LogP contribution in [-0.2, 0) is 9.59 Å². The SMILES string of the molecule is CCN(CC)c1ccc(C2/C(=C(\O)c3ccc(Br)cc3)C(=O)C(=O)N2c2ccc(C)c(C)c2)cc1. The van der Waals surface area contributed by atoms with Crippen LogP contribution in [0.1, 0.15) is 42.1 Å². The van der Waals surface area contributed by atoms with E-state index in [4.69, 9.17) is 0 Å². The highest BCUT2D eigenvalue weighted by atomic mass is 79.9. The van der Waals surface area contributed by atoms with Gasteiger partial charge in [-0.15, -0.1) is 0 Å². The third-order valence-electron chi connectivity index (χ3n) is 6.67. The molecule has 4 rings (SSSR count). The fourth-order valence-electron chi connectivity index (χ4n) is 4.51. The fourth-order valence-corrected chi connectivity index (χ4v) is 4.77. The quantitative estimate of drug-likeness (QED) is 0.222. The first kappa shape index (κ1) is 24.7. The first-order chi connectivity index (χ1) is 16.8. The van der Waals surface area contributed by atoms with Crippen molar-refractivity contribution in [2.45, 2.75) is 33.7 Å². The van der Waals surface area contributed by atoms with Crippen LogP contribution in [0.5, 0.6) is 0 Å². The molecule has 0 aliphatic carbocycles. The predicted molar refractivity (Wildman–Crippen MR) is 145 cm³/mol. The third-order valence-corrected chi connectivity index (χ3v) is 7.20. The molecule has 0 spiro atoms. The molecule has 1 heterocycles. The Kier molecular flexibility index (Phi) is 7.13. The Hall–Kier alpha value is -3.38. The lowest BCUT2D eigenvalue weighted by Gasteiger charge is -2.27. The highest BCUT2D eigenvalue weighted by Gasteiger charge is 2.47. The summed E-state index contributed by atoms with van der Waals surface area (Å²) in [6, 6.07) is 19.9. The summed E-state index contributed by atoms with van der Waals surface area (Å²) in [6.07, 6.45) is 0. The number of anilines is 2. The number of nitrogens with zero attached hydrogens (tertiary/aromatic N) is 2. The predicted octanol–water partition coefficient (Wildman–Crippen LogP) is 6.54. The number of halogens is 1. The Morgan fingerprint density at radius 3 is 2.11 bits per heavy atom. The minimum absolute atomic E-state index is 0.0890. The monoisotopic (exact) mass is 532 g/mol. The zero-order valence-electron chi connectivity index (χ0n) is 20.4. The average molecular weight is 533 g/mol. The molecule has 0 aromatic heterocycles. The van der Waals surface area contributed by atoms with Gasteiger partial charge < -0.3 is 10.0 Å².